The Kier molecular flexibility index (Phi) is 3.82. The number of fused-ring (bicyclic) bond motifs is 1. The number of aromatic carboxylic acids is 1. The molecule has 2 N–H and O–H groups in total. The average molecular weight is 378 g/mol. The summed E-state index contributed by atoms with van der Waals surface area (Å²) in [7, 11) is 0. The molecule has 1 aliphatic carbocycles. The van der Waals surface area contributed by atoms with Crippen molar-refractivity contribution in [2.45, 2.75) is 18.4 Å². The SMILES string of the molecule is C=Cn1cc(C(=O)O)c(=O)c2cc(F)c(N3CCNC4(CC4)C3)c(Cl)c21. The van der Waals surface area contributed by atoms with Crippen molar-refractivity contribution in [3.05, 3.63) is 45.5 Å². The summed E-state index contributed by atoms with van der Waals surface area (Å²) < 4.78 is 16.3. The first-order chi connectivity index (χ1) is 12.4. The Bertz CT molecular complexity index is 1010. The molecule has 0 bridgehead atoms. The summed E-state index contributed by atoms with van der Waals surface area (Å²) in [5, 5.41) is 12.7. The number of hydrogen-bond acceptors (Lipinski definition) is 4. The lowest BCUT2D eigenvalue weighted by Gasteiger charge is -2.36. The van der Waals surface area contributed by atoms with Crippen LogP contribution in [0.2, 0.25) is 5.02 Å². The molecule has 2 aliphatic rings. The highest BCUT2D eigenvalue weighted by molar-refractivity contribution is 6.38. The van der Waals surface area contributed by atoms with Crippen molar-refractivity contribution in [1.29, 1.82) is 0 Å². The predicted molar refractivity (Wildman–Crippen MR) is 98.7 cm³/mol. The molecule has 1 aliphatic heterocycles. The molecular weight excluding hydrogens is 361 g/mol. The van der Waals surface area contributed by atoms with Gasteiger partial charge in [0.05, 0.1) is 21.6 Å². The third-order valence-corrected chi connectivity index (χ3v) is 5.51. The number of nitrogens with one attached hydrogen (secondary N) is 1. The Morgan fingerprint density at radius 1 is 1.46 bits per heavy atom. The topological polar surface area (TPSA) is 74.6 Å². The fourth-order valence-electron chi connectivity index (χ4n) is 3.65. The van der Waals surface area contributed by atoms with Gasteiger partial charge in [-0.3, -0.25) is 4.79 Å². The molecule has 6 nitrogen and oxygen atoms in total. The number of rotatable bonds is 3. The minimum absolute atomic E-state index is 0.0221. The molecule has 1 spiro atoms. The number of piperazine rings is 1. The number of anilines is 1. The molecule has 1 aromatic carbocycles. The van der Waals surface area contributed by atoms with Crippen LogP contribution in [0.25, 0.3) is 17.1 Å². The van der Waals surface area contributed by atoms with Gasteiger partial charge in [0, 0.05) is 37.6 Å². The van der Waals surface area contributed by atoms with Crippen molar-refractivity contribution in [3.8, 4) is 0 Å². The molecule has 0 atom stereocenters. The standard InChI is InChI=1S/C18H17ClFN3O3/c1-2-22-8-11(17(25)26)16(24)10-7-12(20)15(13(19)14(10)22)23-6-5-21-18(9-23)3-4-18/h2,7-8,21H,1,3-6,9H2,(H,25,26). The van der Waals surface area contributed by atoms with Crippen LogP contribution in [0.15, 0.2) is 23.6 Å². The third kappa shape index (κ3) is 2.50. The summed E-state index contributed by atoms with van der Waals surface area (Å²) >= 11 is 6.52. The maximum atomic E-state index is 14.9. The van der Waals surface area contributed by atoms with Crippen LogP contribution in [0.4, 0.5) is 10.1 Å². The Morgan fingerprint density at radius 3 is 2.81 bits per heavy atom. The van der Waals surface area contributed by atoms with Crippen LogP contribution in [-0.4, -0.2) is 40.8 Å². The van der Waals surface area contributed by atoms with Gasteiger partial charge in [0.1, 0.15) is 11.4 Å². The number of carbonyl (C=O) groups is 1. The van der Waals surface area contributed by atoms with Crippen LogP contribution in [0.5, 0.6) is 0 Å². The van der Waals surface area contributed by atoms with Crippen LogP contribution >= 0.6 is 11.6 Å². The van der Waals surface area contributed by atoms with Gasteiger partial charge in [-0.2, -0.15) is 0 Å². The summed E-state index contributed by atoms with van der Waals surface area (Å²) in [6, 6.07) is 1.08. The number of pyridine rings is 1. The summed E-state index contributed by atoms with van der Waals surface area (Å²) in [6.45, 7) is 5.60. The Labute approximate surface area is 153 Å². The van der Waals surface area contributed by atoms with Gasteiger partial charge in [-0.05, 0) is 18.9 Å². The molecule has 0 unspecified atom stereocenters. The molecule has 4 rings (SSSR count). The second-order valence-corrected chi connectivity index (χ2v) is 7.19. The monoisotopic (exact) mass is 377 g/mol. The maximum Gasteiger partial charge on any atom is 0.341 e. The van der Waals surface area contributed by atoms with Gasteiger partial charge in [-0.25, -0.2) is 9.18 Å². The van der Waals surface area contributed by atoms with Crippen molar-refractivity contribution < 1.29 is 14.3 Å². The first-order valence-electron chi connectivity index (χ1n) is 8.29. The molecule has 136 valence electrons. The van der Waals surface area contributed by atoms with E-state index in [1.54, 1.807) is 0 Å². The second kappa shape index (κ2) is 5.82. The molecule has 1 saturated carbocycles. The highest BCUT2D eigenvalue weighted by atomic mass is 35.5. The maximum absolute atomic E-state index is 14.9. The van der Waals surface area contributed by atoms with E-state index in [1.165, 1.54) is 10.8 Å². The summed E-state index contributed by atoms with van der Waals surface area (Å²) in [5.74, 6) is -2.01. The van der Waals surface area contributed by atoms with Crippen LogP contribution in [0.3, 0.4) is 0 Å². The lowest BCUT2D eigenvalue weighted by atomic mass is 10.1. The van der Waals surface area contributed by atoms with Gasteiger partial charge in [-0.1, -0.05) is 18.2 Å². The number of carboxylic acid groups (broad SMARTS) is 1. The third-order valence-electron chi connectivity index (χ3n) is 5.16. The van der Waals surface area contributed by atoms with Crippen molar-refractivity contribution >= 4 is 40.4 Å². The van der Waals surface area contributed by atoms with Gasteiger partial charge >= 0.3 is 5.97 Å². The van der Waals surface area contributed by atoms with Crippen LogP contribution in [0, 0.1) is 5.82 Å². The van der Waals surface area contributed by atoms with E-state index in [0.717, 1.165) is 31.6 Å². The van der Waals surface area contributed by atoms with Crippen molar-refractivity contribution in [3.63, 3.8) is 0 Å². The zero-order valence-corrected chi connectivity index (χ0v) is 14.6. The zero-order chi connectivity index (χ0) is 18.6. The molecule has 2 aromatic rings. The number of hydrogen-bond donors (Lipinski definition) is 2. The number of aromatic nitrogens is 1. The van der Waals surface area contributed by atoms with E-state index >= 15 is 0 Å². The Hall–Kier alpha value is -2.38. The van der Waals surface area contributed by atoms with Crippen molar-refractivity contribution in [2.75, 3.05) is 24.5 Å². The average Bonchev–Trinajstić information content (AvgIpc) is 3.34. The van der Waals surface area contributed by atoms with Crippen LogP contribution < -0.4 is 15.6 Å². The molecule has 0 radical (unpaired) electrons. The number of nitrogens with zero attached hydrogens (tertiary/aromatic N) is 2. The highest BCUT2D eigenvalue weighted by Crippen LogP contribution is 2.42. The molecule has 1 saturated heterocycles. The van der Waals surface area contributed by atoms with E-state index < -0.39 is 22.8 Å². The minimum atomic E-state index is -1.38. The zero-order valence-electron chi connectivity index (χ0n) is 13.9. The predicted octanol–water partition coefficient (Wildman–Crippen LogP) is 2.53. The Morgan fingerprint density at radius 2 is 2.19 bits per heavy atom. The van der Waals surface area contributed by atoms with Gasteiger partial charge in [0.25, 0.3) is 0 Å². The summed E-state index contributed by atoms with van der Waals surface area (Å²) in [6.07, 6.45) is 4.58. The van der Waals surface area contributed by atoms with Crippen molar-refractivity contribution in [2.24, 2.45) is 0 Å². The minimum Gasteiger partial charge on any atom is -0.477 e. The first-order valence-corrected chi connectivity index (χ1v) is 8.67. The van der Waals surface area contributed by atoms with E-state index in [-0.39, 0.29) is 27.2 Å². The molecule has 2 fully saturated rings. The van der Waals surface area contributed by atoms with E-state index in [2.05, 4.69) is 11.9 Å². The second-order valence-electron chi connectivity index (χ2n) is 6.81. The summed E-state index contributed by atoms with van der Waals surface area (Å²) in [4.78, 5) is 25.7. The quantitative estimate of drug-likeness (QED) is 0.859. The lowest BCUT2D eigenvalue weighted by molar-refractivity contribution is 0.0695. The molecule has 8 heteroatoms. The molecule has 2 heterocycles. The number of halogens is 2. The molecular formula is C18H17ClFN3O3. The number of carboxylic acids is 1. The van der Waals surface area contributed by atoms with E-state index in [4.69, 9.17) is 11.6 Å². The van der Waals surface area contributed by atoms with Gasteiger partial charge < -0.3 is 19.9 Å². The van der Waals surface area contributed by atoms with Gasteiger partial charge in [-0.15, -0.1) is 0 Å². The highest BCUT2D eigenvalue weighted by Gasteiger charge is 2.46. The van der Waals surface area contributed by atoms with E-state index in [0.29, 0.717) is 13.1 Å². The smallest absolute Gasteiger partial charge is 0.341 e. The van der Waals surface area contributed by atoms with Crippen LogP contribution in [0.1, 0.15) is 23.2 Å². The van der Waals surface area contributed by atoms with E-state index in [9.17, 15) is 19.1 Å². The first kappa shape index (κ1) is 17.1. The largest absolute Gasteiger partial charge is 0.477 e. The fourth-order valence-corrected chi connectivity index (χ4v) is 4.06. The Balaban J connectivity index is 1.96. The molecule has 1 aromatic heterocycles. The van der Waals surface area contributed by atoms with Gasteiger partial charge in [0.15, 0.2) is 0 Å². The molecule has 0 amide bonds. The van der Waals surface area contributed by atoms with Gasteiger partial charge in [0.2, 0.25) is 5.43 Å². The molecule has 26 heavy (non-hydrogen) atoms. The van der Waals surface area contributed by atoms with Crippen molar-refractivity contribution in [1.82, 2.24) is 9.88 Å². The lowest BCUT2D eigenvalue weighted by Crippen LogP contribution is -2.52. The number of benzene rings is 1. The summed E-state index contributed by atoms with van der Waals surface area (Å²) in [5.41, 5.74) is -0.702. The van der Waals surface area contributed by atoms with Crippen LogP contribution in [-0.2, 0) is 0 Å². The fraction of sp³-hybridized carbons (Fsp3) is 0.333. The normalized spacial score (nSPS) is 18.3. The van der Waals surface area contributed by atoms with E-state index in [1.807, 2.05) is 4.90 Å².